The predicted octanol–water partition coefficient (Wildman–Crippen LogP) is 3.72. The van der Waals surface area contributed by atoms with Crippen LogP contribution in [-0.2, 0) is 16.1 Å². The van der Waals surface area contributed by atoms with Crippen LogP contribution in [0.15, 0.2) is 65.6 Å². The topological polar surface area (TPSA) is 49.4 Å². The zero-order valence-corrected chi connectivity index (χ0v) is 16.2. The monoisotopic (exact) mass is 370 g/mol. The molecular formula is C21H26N2O2S. The van der Waals surface area contributed by atoms with Gasteiger partial charge < -0.3 is 10.2 Å². The van der Waals surface area contributed by atoms with Crippen molar-refractivity contribution in [2.45, 2.75) is 37.8 Å². The maximum Gasteiger partial charge on any atom is 0.242 e. The lowest BCUT2D eigenvalue weighted by molar-refractivity contribution is -0.139. The van der Waals surface area contributed by atoms with Crippen LogP contribution in [0.3, 0.4) is 0 Å². The van der Waals surface area contributed by atoms with Crippen LogP contribution in [0.1, 0.15) is 25.8 Å². The van der Waals surface area contributed by atoms with Crippen LogP contribution in [0.25, 0.3) is 0 Å². The van der Waals surface area contributed by atoms with Crippen molar-refractivity contribution < 1.29 is 9.59 Å². The summed E-state index contributed by atoms with van der Waals surface area (Å²) in [6, 6.07) is 19.2. The summed E-state index contributed by atoms with van der Waals surface area (Å²) in [6.07, 6.45) is 0.584. The summed E-state index contributed by atoms with van der Waals surface area (Å²) in [7, 11) is 0. The Labute approximate surface area is 160 Å². The first kappa shape index (κ1) is 20.0. The molecule has 0 aliphatic carbocycles. The average molecular weight is 371 g/mol. The number of hydrogen-bond acceptors (Lipinski definition) is 3. The first-order valence-corrected chi connectivity index (χ1v) is 9.93. The van der Waals surface area contributed by atoms with Crippen molar-refractivity contribution in [3.05, 3.63) is 66.2 Å². The van der Waals surface area contributed by atoms with E-state index in [0.717, 1.165) is 10.5 Å². The van der Waals surface area contributed by atoms with Gasteiger partial charge in [-0.1, -0.05) is 55.5 Å². The molecule has 0 unspecified atom stereocenters. The van der Waals surface area contributed by atoms with Crippen molar-refractivity contribution in [2.75, 3.05) is 12.3 Å². The molecule has 0 spiro atoms. The molecule has 0 bridgehead atoms. The lowest BCUT2D eigenvalue weighted by Gasteiger charge is -2.30. The van der Waals surface area contributed by atoms with Gasteiger partial charge >= 0.3 is 0 Å². The van der Waals surface area contributed by atoms with E-state index in [1.807, 2.05) is 74.5 Å². The molecule has 4 nitrogen and oxygen atoms in total. The Morgan fingerprint density at radius 3 is 2.19 bits per heavy atom. The minimum atomic E-state index is -0.459. The molecule has 0 saturated carbocycles. The largest absolute Gasteiger partial charge is 0.355 e. The van der Waals surface area contributed by atoms with Crippen LogP contribution in [0, 0.1) is 0 Å². The molecule has 0 heterocycles. The molecule has 0 fully saturated rings. The highest BCUT2D eigenvalue weighted by molar-refractivity contribution is 8.00. The number of carbonyl (C=O) groups excluding carboxylic acids is 2. The number of carbonyl (C=O) groups is 2. The third kappa shape index (κ3) is 5.92. The summed E-state index contributed by atoms with van der Waals surface area (Å²) in [5.74, 6) is 0.192. The summed E-state index contributed by atoms with van der Waals surface area (Å²) >= 11 is 1.50. The normalized spacial score (nSPS) is 11.6. The minimum Gasteiger partial charge on any atom is -0.355 e. The van der Waals surface area contributed by atoms with Crippen molar-refractivity contribution >= 4 is 23.6 Å². The Balaban J connectivity index is 2.14. The molecule has 0 saturated heterocycles. The van der Waals surface area contributed by atoms with E-state index in [4.69, 9.17) is 0 Å². The van der Waals surface area contributed by atoms with Gasteiger partial charge in [0.2, 0.25) is 11.8 Å². The summed E-state index contributed by atoms with van der Waals surface area (Å²) in [4.78, 5) is 28.2. The van der Waals surface area contributed by atoms with E-state index in [1.54, 1.807) is 4.90 Å². The van der Waals surface area contributed by atoms with Gasteiger partial charge in [-0.15, -0.1) is 11.8 Å². The van der Waals surface area contributed by atoms with Gasteiger partial charge in [-0.05, 0) is 31.0 Å². The second-order valence-electron chi connectivity index (χ2n) is 5.93. The van der Waals surface area contributed by atoms with Crippen LogP contribution in [0.5, 0.6) is 0 Å². The fourth-order valence-corrected chi connectivity index (χ4v) is 3.54. The summed E-state index contributed by atoms with van der Waals surface area (Å²) < 4.78 is 0. The van der Waals surface area contributed by atoms with Crippen molar-refractivity contribution in [3.8, 4) is 0 Å². The number of rotatable bonds is 9. The maximum atomic E-state index is 13.0. The lowest BCUT2D eigenvalue weighted by Crippen LogP contribution is -2.49. The quantitative estimate of drug-likeness (QED) is 0.685. The molecule has 0 aromatic heterocycles. The molecule has 2 amide bonds. The van der Waals surface area contributed by atoms with Crippen molar-refractivity contribution in [1.29, 1.82) is 0 Å². The van der Waals surface area contributed by atoms with Gasteiger partial charge in [-0.2, -0.15) is 0 Å². The molecule has 1 N–H and O–H groups in total. The Morgan fingerprint density at radius 1 is 1.00 bits per heavy atom. The molecule has 0 aliphatic rings. The Kier molecular flexibility index (Phi) is 8.22. The molecule has 2 aromatic carbocycles. The number of amides is 2. The van der Waals surface area contributed by atoms with E-state index in [9.17, 15) is 9.59 Å². The molecule has 2 rings (SSSR count). The van der Waals surface area contributed by atoms with Gasteiger partial charge in [0.1, 0.15) is 6.04 Å². The molecule has 138 valence electrons. The standard InChI is InChI=1S/C21H26N2O2S/c1-3-19(21(25)22-4-2)23(15-17-11-7-5-8-12-17)20(24)16-26-18-13-9-6-10-14-18/h5-14,19H,3-4,15-16H2,1-2H3,(H,22,25)/t19-/m0/s1. The Bertz CT molecular complexity index is 692. The second kappa shape index (κ2) is 10.7. The van der Waals surface area contributed by atoms with Crippen LogP contribution in [0.2, 0.25) is 0 Å². The zero-order chi connectivity index (χ0) is 18.8. The number of benzene rings is 2. The van der Waals surface area contributed by atoms with E-state index in [0.29, 0.717) is 25.3 Å². The average Bonchev–Trinajstić information content (AvgIpc) is 2.68. The zero-order valence-electron chi connectivity index (χ0n) is 15.4. The van der Waals surface area contributed by atoms with Gasteiger partial charge in [-0.25, -0.2) is 0 Å². The summed E-state index contributed by atoms with van der Waals surface area (Å²) in [5, 5.41) is 2.85. The molecule has 5 heteroatoms. The minimum absolute atomic E-state index is 0.0270. The molecule has 0 radical (unpaired) electrons. The Morgan fingerprint density at radius 2 is 1.62 bits per heavy atom. The van der Waals surface area contributed by atoms with Gasteiger partial charge in [0, 0.05) is 18.0 Å². The van der Waals surface area contributed by atoms with Crippen molar-refractivity contribution in [1.82, 2.24) is 10.2 Å². The van der Waals surface area contributed by atoms with Crippen LogP contribution < -0.4 is 5.32 Å². The lowest BCUT2D eigenvalue weighted by atomic mass is 10.1. The highest BCUT2D eigenvalue weighted by atomic mass is 32.2. The molecular weight excluding hydrogens is 344 g/mol. The molecule has 26 heavy (non-hydrogen) atoms. The van der Waals surface area contributed by atoms with Crippen LogP contribution >= 0.6 is 11.8 Å². The summed E-state index contributed by atoms with van der Waals surface area (Å²) in [6.45, 7) is 4.82. The van der Waals surface area contributed by atoms with Crippen molar-refractivity contribution in [3.63, 3.8) is 0 Å². The Hall–Kier alpha value is -2.27. The number of nitrogens with zero attached hydrogens (tertiary/aromatic N) is 1. The molecule has 0 aliphatic heterocycles. The van der Waals surface area contributed by atoms with E-state index in [1.165, 1.54) is 11.8 Å². The van der Waals surface area contributed by atoms with E-state index >= 15 is 0 Å². The highest BCUT2D eigenvalue weighted by Gasteiger charge is 2.28. The van der Waals surface area contributed by atoms with E-state index in [-0.39, 0.29) is 11.8 Å². The predicted molar refractivity (Wildman–Crippen MR) is 107 cm³/mol. The fourth-order valence-electron chi connectivity index (χ4n) is 2.74. The number of thioether (sulfide) groups is 1. The van der Waals surface area contributed by atoms with Gasteiger partial charge in [0.15, 0.2) is 0 Å². The maximum absolute atomic E-state index is 13.0. The van der Waals surface area contributed by atoms with Gasteiger partial charge in [0.25, 0.3) is 0 Å². The third-order valence-corrected chi connectivity index (χ3v) is 5.03. The molecule has 1 atom stereocenters. The highest BCUT2D eigenvalue weighted by Crippen LogP contribution is 2.20. The van der Waals surface area contributed by atoms with E-state index < -0.39 is 6.04 Å². The third-order valence-electron chi connectivity index (χ3n) is 4.04. The molecule has 2 aromatic rings. The first-order valence-electron chi connectivity index (χ1n) is 8.94. The first-order chi connectivity index (χ1) is 12.7. The smallest absolute Gasteiger partial charge is 0.242 e. The number of nitrogens with one attached hydrogen (secondary N) is 1. The van der Waals surface area contributed by atoms with Crippen LogP contribution in [0.4, 0.5) is 0 Å². The van der Waals surface area contributed by atoms with Gasteiger partial charge in [0.05, 0.1) is 5.75 Å². The number of likely N-dealkylation sites (N-methyl/N-ethyl adjacent to an activating group) is 1. The van der Waals surface area contributed by atoms with Crippen molar-refractivity contribution in [2.24, 2.45) is 0 Å². The fraction of sp³-hybridized carbons (Fsp3) is 0.333. The SMILES string of the molecule is CCNC(=O)[C@H](CC)N(Cc1ccccc1)C(=O)CSc1ccccc1. The van der Waals surface area contributed by atoms with Gasteiger partial charge in [-0.3, -0.25) is 9.59 Å². The summed E-state index contributed by atoms with van der Waals surface area (Å²) in [5.41, 5.74) is 1.02. The second-order valence-corrected chi connectivity index (χ2v) is 6.98. The van der Waals surface area contributed by atoms with Crippen LogP contribution in [-0.4, -0.2) is 35.1 Å². The van der Waals surface area contributed by atoms with E-state index in [2.05, 4.69) is 5.32 Å². The number of hydrogen-bond donors (Lipinski definition) is 1.